The molecule has 0 amide bonds. The molecule has 0 unspecified atom stereocenters. The monoisotopic (exact) mass is 272 g/mol. The maximum Gasteiger partial charge on any atom is 0.417 e. The number of benzene rings is 1. The van der Waals surface area contributed by atoms with Crippen molar-refractivity contribution in [3.05, 3.63) is 23.8 Å². The average Bonchev–Trinajstić information content (AvgIpc) is 2.93. The van der Waals surface area contributed by atoms with Crippen molar-refractivity contribution < 1.29 is 27.2 Å². The van der Waals surface area contributed by atoms with Crippen LogP contribution in [0.2, 0.25) is 0 Å². The number of ether oxygens (including phenoxy) is 2. The number of hydrogen-bond acceptors (Lipinski definition) is 5. The van der Waals surface area contributed by atoms with Crippen LogP contribution < -0.4 is 15.2 Å². The Morgan fingerprint density at radius 1 is 1.11 bits per heavy atom. The number of halogens is 3. The predicted octanol–water partition coefficient (Wildman–Crippen LogP) is 2.67. The fraction of sp³-hybridized carbons (Fsp3) is 0.182. The number of rotatable bonds is 1. The fourth-order valence-corrected chi connectivity index (χ4v) is 1.80. The smallest absolute Gasteiger partial charge is 0.417 e. The van der Waals surface area contributed by atoms with Gasteiger partial charge in [0.05, 0.1) is 5.56 Å². The molecule has 1 aromatic heterocycles. The number of nitrogens with two attached hydrogens (primary N) is 1. The zero-order chi connectivity index (χ0) is 13.6. The second kappa shape index (κ2) is 3.81. The summed E-state index contributed by atoms with van der Waals surface area (Å²) in [6.45, 7) is -0.116. The van der Waals surface area contributed by atoms with Gasteiger partial charge in [-0.15, -0.1) is 0 Å². The molecule has 5 nitrogen and oxygen atoms in total. The Kier molecular flexibility index (Phi) is 2.34. The first-order valence-electron chi connectivity index (χ1n) is 5.18. The van der Waals surface area contributed by atoms with Gasteiger partial charge in [0, 0.05) is 11.6 Å². The normalized spacial score (nSPS) is 13.8. The highest BCUT2D eigenvalue weighted by molar-refractivity contribution is 5.69. The van der Waals surface area contributed by atoms with Crippen LogP contribution in [0.4, 0.5) is 19.0 Å². The van der Waals surface area contributed by atoms with Crippen LogP contribution in [0.5, 0.6) is 11.5 Å². The standard InChI is InChI=1S/C11H7F3N2O3/c12-11(13,14)6-2-9-8(17-4-18-9)1-5(6)7-3-10(15)16-19-7/h1-3H,4H2,(H2,15,16). The van der Waals surface area contributed by atoms with E-state index in [1.165, 1.54) is 12.1 Å². The van der Waals surface area contributed by atoms with Crippen molar-refractivity contribution in [2.45, 2.75) is 6.18 Å². The first-order chi connectivity index (χ1) is 8.95. The molecule has 19 heavy (non-hydrogen) atoms. The van der Waals surface area contributed by atoms with Crippen molar-refractivity contribution in [1.29, 1.82) is 0 Å². The maximum absolute atomic E-state index is 13.0. The van der Waals surface area contributed by atoms with Gasteiger partial charge in [0.15, 0.2) is 23.1 Å². The van der Waals surface area contributed by atoms with Crippen molar-refractivity contribution >= 4 is 5.82 Å². The Hall–Kier alpha value is -2.38. The van der Waals surface area contributed by atoms with Gasteiger partial charge in [-0.3, -0.25) is 0 Å². The van der Waals surface area contributed by atoms with Crippen molar-refractivity contribution in [3.63, 3.8) is 0 Å². The van der Waals surface area contributed by atoms with Crippen LogP contribution in [-0.4, -0.2) is 11.9 Å². The zero-order valence-corrected chi connectivity index (χ0v) is 9.32. The molecule has 0 fully saturated rings. The number of aromatic nitrogens is 1. The van der Waals surface area contributed by atoms with Gasteiger partial charge in [-0.1, -0.05) is 5.16 Å². The number of hydrogen-bond donors (Lipinski definition) is 1. The molecule has 0 radical (unpaired) electrons. The summed E-state index contributed by atoms with van der Waals surface area (Å²) in [7, 11) is 0. The van der Waals surface area contributed by atoms with Crippen LogP contribution in [0.15, 0.2) is 22.7 Å². The SMILES string of the molecule is Nc1cc(-c2cc3c(cc2C(F)(F)F)OCO3)on1. The number of fused-ring (bicyclic) bond motifs is 1. The van der Waals surface area contributed by atoms with E-state index in [1.54, 1.807) is 0 Å². The number of alkyl halides is 3. The van der Waals surface area contributed by atoms with Crippen LogP contribution in [0.3, 0.4) is 0 Å². The van der Waals surface area contributed by atoms with E-state index in [-0.39, 0.29) is 35.4 Å². The van der Waals surface area contributed by atoms with Gasteiger partial charge in [0.1, 0.15) is 0 Å². The summed E-state index contributed by atoms with van der Waals surface area (Å²) in [5.41, 5.74) is 4.26. The molecule has 0 bridgehead atoms. The fourth-order valence-electron chi connectivity index (χ4n) is 1.80. The minimum atomic E-state index is -4.56. The van der Waals surface area contributed by atoms with E-state index >= 15 is 0 Å². The molecule has 0 aliphatic carbocycles. The van der Waals surface area contributed by atoms with Gasteiger partial charge < -0.3 is 19.7 Å². The first kappa shape index (κ1) is 11.7. The Labute approximate surface area is 104 Å². The third kappa shape index (κ3) is 1.94. The van der Waals surface area contributed by atoms with Crippen LogP contribution in [0, 0.1) is 0 Å². The van der Waals surface area contributed by atoms with Crippen LogP contribution in [-0.2, 0) is 6.18 Å². The third-order valence-corrected chi connectivity index (χ3v) is 2.61. The van der Waals surface area contributed by atoms with Gasteiger partial charge in [0.2, 0.25) is 6.79 Å². The Morgan fingerprint density at radius 2 is 1.79 bits per heavy atom. The van der Waals surface area contributed by atoms with E-state index in [9.17, 15) is 13.2 Å². The average molecular weight is 272 g/mol. The molecule has 2 aromatic rings. The molecule has 1 aromatic carbocycles. The molecule has 0 saturated heterocycles. The summed E-state index contributed by atoms with van der Waals surface area (Å²) in [6, 6.07) is 3.29. The summed E-state index contributed by atoms with van der Waals surface area (Å²) >= 11 is 0. The van der Waals surface area contributed by atoms with Crippen molar-refractivity contribution in [3.8, 4) is 22.8 Å². The molecule has 1 aliphatic heterocycles. The first-order valence-corrected chi connectivity index (χ1v) is 5.18. The van der Waals surface area contributed by atoms with Crippen LogP contribution in [0.25, 0.3) is 11.3 Å². The highest BCUT2D eigenvalue weighted by Gasteiger charge is 2.37. The van der Waals surface area contributed by atoms with E-state index in [0.29, 0.717) is 0 Å². The maximum atomic E-state index is 13.0. The molecule has 0 saturated carbocycles. The van der Waals surface area contributed by atoms with Gasteiger partial charge in [-0.05, 0) is 12.1 Å². The quantitative estimate of drug-likeness (QED) is 0.864. The van der Waals surface area contributed by atoms with E-state index in [0.717, 1.165) is 6.07 Å². The lowest BCUT2D eigenvalue weighted by Gasteiger charge is -2.11. The molecule has 8 heteroatoms. The minimum Gasteiger partial charge on any atom is -0.454 e. The van der Waals surface area contributed by atoms with Gasteiger partial charge >= 0.3 is 6.18 Å². The lowest BCUT2D eigenvalue weighted by Crippen LogP contribution is -2.07. The highest BCUT2D eigenvalue weighted by Crippen LogP contribution is 2.45. The Balaban J connectivity index is 2.22. The molecule has 100 valence electrons. The number of nitrogens with zero attached hydrogens (tertiary/aromatic N) is 1. The molecule has 1 aliphatic rings. The van der Waals surface area contributed by atoms with Gasteiger partial charge in [-0.25, -0.2) is 0 Å². The van der Waals surface area contributed by atoms with E-state index in [4.69, 9.17) is 19.7 Å². The van der Waals surface area contributed by atoms with Crippen molar-refractivity contribution in [2.75, 3.05) is 12.5 Å². The summed E-state index contributed by atoms with van der Waals surface area (Å²) < 4.78 is 53.8. The van der Waals surface area contributed by atoms with E-state index in [1.807, 2.05) is 0 Å². The second-order valence-corrected chi connectivity index (χ2v) is 3.86. The van der Waals surface area contributed by atoms with Crippen molar-refractivity contribution in [2.24, 2.45) is 0 Å². The second-order valence-electron chi connectivity index (χ2n) is 3.86. The zero-order valence-electron chi connectivity index (χ0n) is 9.32. The Bertz CT molecular complexity index is 637. The summed E-state index contributed by atoms with van der Waals surface area (Å²) in [6.07, 6.45) is -4.56. The summed E-state index contributed by atoms with van der Waals surface area (Å²) in [4.78, 5) is 0. The van der Waals surface area contributed by atoms with E-state index < -0.39 is 11.7 Å². The number of nitrogen functional groups attached to an aromatic ring is 1. The minimum absolute atomic E-state index is 0.000733. The van der Waals surface area contributed by atoms with Crippen LogP contribution >= 0.6 is 0 Å². The van der Waals surface area contributed by atoms with Crippen molar-refractivity contribution in [1.82, 2.24) is 5.16 Å². The molecular weight excluding hydrogens is 265 g/mol. The molecule has 2 heterocycles. The number of anilines is 1. The molecule has 3 rings (SSSR count). The largest absolute Gasteiger partial charge is 0.454 e. The summed E-state index contributed by atoms with van der Waals surface area (Å²) in [5.74, 6) is 0.186. The third-order valence-electron chi connectivity index (χ3n) is 2.61. The lowest BCUT2D eigenvalue weighted by molar-refractivity contribution is -0.137. The van der Waals surface area contributed by atoms with E-state index in [2.05, 4.69) is 5.16 Å². The molecule has 2 N–H and O–H groups in total. The summed E-state index contributed by atoms with van der Waals surface area (Å²) in [5, 5.41) is 3.37. The molecule has 0 atom stereocenters. The lowest BCUT2D eigenvalue weighted by atomic mass is 10.0. The topological polar surface area (TPSA) is 70.5 Å². The predicted molar refractivity (Wildman–Crippen MR) is 57.5 cm³/mol. The molecular formula is C11H7F3N2O3. The van der Waals surface area contributed by atoms with Gasteiger partial charge in [-0.2, -0.15) is 13.2 Å². The van der Waals surface area contributed by atoms with Crippen LogP contribution in [0.1, 0.15) is 5.56 Å². The Morgan fingerprint density at radius 3 is 2.37 bits per heavy atom. The highest BCUT2D eigenvalue weighted by atomic mass is 19.4. The van der Waals surface area contributed by atoms with Gasteiger partial charge in [0.25, 0.3) is 0 Å². The molecule has 0 spiro atoms.